The van der Waals surface area contributed by atoms with Crippen LogP contribution in [0.25, 0.3) is 0 Å². The van der Waals surface area contributed by atoms with E-state index in [9.17, 15) is 9.59 Å². The zero-order chi connectivity index (χ0) is 18.2. The molecule has 1 atom stereocenters. The normalized spacial score (nSPS) is 11.6. The van der Waals surface area contributed by atoms with Gasteiger partial charge in [-0.1, -0.05) is 67.1 Å². The molecule has 0 fully saturated rings. The van der Waals surface area contributed by atoms with Gasteiger partial charge in [0.25, 0.3) is 0 Å². The fraction of sp³-hybridized carbons (Fsp3) is 0.300. The smallest absolute Gasteiger partial charge is 0.242 e. The fourth-order valence-electron chi connectivity index (χ4n) is 2.54. The van der Waals surface area contributed by atoms with E-state index in [0.717, 1.165) is 11.1 Å². The highest BCUT2D eigenvalue weighted by atomic mass is 35.5. The van der Waals surface area contributed by atoms with E-state index in [1.807, 2.05) is 48.5 Å². The summed E-state index contributed by atoms with van der Waals surface area (Å²) in [6.07, 6.45) is 0.356. The summed E-state index contributed by atoms with van der Waals surface area (Å²) in [5.41, 5.74) is 1.84. The SMILES string of the molecule is CCC(=O)N(Cc1ccccc1)C(C)C(=O)NCc1ccccc1Cl. The second-order valence-electron chi connectivity index (χ2n) is 5.85. The minimum atomic E-state index is -0.560. The van der Waals surface area contributed by atoms with Crippen LogP contribution in [0.5, 0.6) is 0 Å². The molecule has 0 aromatic heterocycles. The Kier molecular flexibility index (Phi) is 7.02. The molecule has 0 heterocycles. The Morgan fingerprint density at radius 2 is 1.72 bits per heavy atom. The minimum absolute atomic E-state index is 0.0516. The van der Waals surface area contributed by atoms with Crippen LogP contribution in [0.4, 0.5) is 0 Å². The van der Waals surface area contributed by atoms with Crippen molar-refractivity contribution < 1.29 is 9.59 Å². The lowest BCUT2D eigenvalue weighted by Crippen LogP contribution is -2.47. The van der Waals surface area contributed by atoms with Crippen LogP contribution in [0.2, 0.25) is 5.02 Å². The topological polar surface area (TPSA) is 49.4 Å². The van der Waals surface area contributed by atoms with E-state index >= 15 is 0 Å². The van der Waals surface area contributed by atoms with Crippen molar-refractivity contribution in [3.63, 3.8) is 0 Å². The first-order valence-corrected chi connectivity index (χ1v) is 8.75. The summed E-state index contributed by atoms with van der Waals surface area (Å²) in [5, 5.41) is 3.48. The van der Waals surface area contributed by atoms with Crippen LogP contribution in [-0.4, -0.2) is 22.8 Å². The van der Waals surface area contributed by atoms with Gasteiger partial charge >= 0.3 is 0 Å². The molecular formula is C20H23ClN2O2. The number of carbonyl (C=O) groups is 2. The maximum Gasteiger partial charge on any atom is 0.242 e. The van der Waals surface area contributed by atoms with Crippen molar-refractivity contribution >= 4 is 23.4 Å². The highest BCUT2D eigenvalue weighted by Crippen LogP contribution is 2.15. The summed E-state index contributed by atoms with van der Waals surface area (Å²) < 4.78 is 0. The Morgan fingerprint density at radius 1 is 1.08 bits per heavy atom. The Hall–Kier alpha value is -2.33. The fourth-order valence-corrected chi connectivity index (χ4v) is 2.74. The van der Waals surface area contributed by atoms with Crippen LogP contribution in [0, 0.1) is 0 Å². The highest BCUT2D eigenvalue weighted by Gasteiger charge is 2.24. The van der Waals surface area contributed by atoms with Gasteiger partial charge in [0, 0.05) is 24.5 Å². The molecule has 132 valence electrons. The van der Waals surface area contributed by atoms with Gasteiger partial charge in [0.1, 0.15) is 6.04 Å². The molecule has 0 saturated heterocycles. The van der Waals surface area contributed by atoms with E-state index in [2.05, 4.69) is 5.32 Å². The number of halogens is 1. The van der Waals surface area contributed by atoms with Crippen LogP contribution >= 0.6 is 11.6 Å². The Morgan fingerprint density at radius 3 is 2.36 bits per heavy atom. The van der Waals surface area contributed by atoms with Gasteiger partial charge in [-0.2, -0.15) is 0 Å². The summed E-state index contributed by atoms with van der Waals surface area (Å²) >= 11 is 6.11. The third-order valence-corrected chi connectivity index (χ3v) is 4.45. The molecule has 0 aliphatic heterocycles. The molecule has 4 nitrogen and oxygen atoms in total. The van der Waals surface area contributed by atoms with Crippen LogP contribution in [0.1, 0.15) is 31.4 Å². The molecule has 0 aliphatic carbocycles. The van der Waals surface area contributed by atoms with Crippen molar-refractivity contribution in [2.24, 2.45) is 0 Å². The largest absolute Gasteiger partial charge is 0.350 e. The second kappa shape index (κ2) is 9.23. The average molecular weight is 359 g/mol. The van der Waals surface area contributed by atoms with Crippen molar-refractivity contribution in [1.29, 1.82) is 0 Å². The quantitative estimate of drug-likeness (QED) is 0.818. The number of nitrogens with one attached hydrogen (secondary N) is 1. The maximum absolute atomic E-state index is 12.5. The molecule has 2 amide bonds. The van der Waals surface area contributed by atoms with Crippen LogP contribution in [0.3, 0.4) is 0 Å². The predicted octanol–water partition coefficient (Wildman–Crippen LogP) is 3.78. The molecular weight excluding hydrogens is 336 g/mol. The first-order chi connectivity index (χ1) is 12.0. The van der Waals surface area contributed by atoms with Crippen LogP contribution in [0.15, 0.2) is 54.6 Å². The monoisotopic (exact) mass is 358 g/mol. The number of hydrogen-bond acceptors (Lipinski definition) is 2. The molecule has 2 aromatic rings. The third-order valence-electron chi connectivity index (χ3n) is 4.08. The van der Waals surface area contributed by atoms with E-state index in [4.69, 9.17) is 11.6 Å². The lowest BCUT2D eigenvalue weighted by molar-refractivity contribution is -0.140. The van der Waals surface area contributed by atoms with Crippen molar-refractivity contribution in [1.82, 2.24) is 10.2 Å². The van der Waals surface area contributed by atoms with Gasteiger partial charge in [-0.15, -0.1) is 0 Å². The van der Waals surface area contributed by atoms with E-state index in [0.29, 0.717) is 24.5 Å². The molecule has 0 saturated carbocycles. The molecule has 2 aromatic carbocycles. The first kappa shape index (κ1) is 19.0. The number of hydrogen-bond donors (Lipinski definition) is 1. The molecule has 25 heavy (non-hydrogen) atoms. The zero-order valence-electron chi connectivity index (χ0n) is 14.5. The average Bonchev–Trinajstić information content (AvgIpc) is 2.65. The highest BCUT2D eigenvalue weighted by molar-refractivity contribution is 6.31. The Balaban J connectivity index is 2.04. The Labute approximate surface area is 153 Å². The van der Waals surface area contributed by atoms with E-state index < -0.39 is 6.04 Å². The molecule has 0 bridgehead atoms. The molecule has 1 N–H and O–H groups in total. The van der Waals surface area contributed by atoms with Crippen molar-refractivity contribution in [2.45, 2.75) is 39.4 Å². The third kappa shape index (κ3) is 5.33. The number of carbonyl (C=O) groups excluding carboxylic acids is 2. The van der Waals surface area contributed by atoms with Gasteiger partial charge in [0.05, 0.1) is 0 Å². The van der Waals surface area contributed by atoms with Gasteiger partial charge in [-0.25, -0.2) is 0 Å². The van der Waals surface area contributed by atoms with Gasteiger partial charge in [0.15, 0.2) is 0 Å². The van der Waals surface area contributed by atoms with E-state index in [-0.39, 0.29) is 11.8 Å². The number of nitrogens with zero attached hydrogens (tertiary/aromatic N) is 1. The minimum Gasteiger partial charge on any atom is -0.350 e. The molecule has 5 heteroatoms. The van der Waals surface area contributed by atoms with Crippen LogP contribution < -0.4 is 5.32 Å². The summed E-state index contributed by atoms with van der Waals surface area (Å²) in [6.45, 7) is 4.30. The lowest BCUT2D eigenvalue weighted by atomic mass is 10.1. The maximum atomic E-state index is 12.5. The van der Waals surface area contributed by atoms with Gasteiger partial charge in [-0.05, 0) is 24.1 Å². The molecule has 0 spiro atoms. The van der Waals surface area contributed by atoms with Gasteiger partial charge in [0.2, 0.25) is 11.8 Å². The zero-order valence-corrected chi connectivity index (χ0v) is 15.3. The molecule has 2 rings (SSSR count). The number of rotatable bonds is 7. The molecule has 0 aliphatic rings. The number of benzene rings is 2. The summed E-state index contributed by atoms with van der Waals surface area (Å²) in [5.74, 6) is -0.248. The standard InChI is InChI=1S/C20H23ClN2O2/c1-3-19(24)23(14-16-9-5-4-6-10-16)15(2)20(25)22-13-17-11-7-8-12-18(17)21/h4-12,15H,3,13-14H2,1-2H3,(H,22,25). The van der Waals surface area contributed by atoms with Gasteiger partial charge in [-0.3, -0.25) is 9.59 Å². The van der Waals surface area contributed by atoms with Crippen molar-refractivity contribution in [3.05, 3.63) is 70.7 Å². The summed E-state index contributed by atoms with van der Waals surface area (Å²) in [7, 11) is 0. The Bertz CT molecular complexity index is 719. The summed E-state index contributed by atoms with van der Waals surface area (Å²) in [6, 6.07) is 16.5. The van der Waals surface area contributed by atoms with Crippen LogP contribution in [-0.2, 0) is 22.7 Å². The van der Waals surface area contributed by atoms with E-state index in [1.54, 1.807) is 24.8 Å². The van der Waals surface area contributed by atoms with Crippen molar-refractivity contribution in [2.75, 3.05) is 0 Å². The number of amides is 2. The van der Waals surface area contributed by atoms with E-state index in [1.165, 1.54) is 0 Å². The first-order valence-electron chi connectivity index (χ1n) is 8.37. The predicted molar refractivity (Wildman–Crippen MR) is 100 cm³/mol. The lowest BCUT2D eigenvalue weighted by Gasteiger charge is -2.28. The second-order valence-corrected chi connectivity index (χ2v) is 6.25. The molecule has 1 unspecified atom stereocenters. The van der Waals surface area contributed by atoms with Gasteiger partial charge < -0.3 is 10.2 Å². The van der Waals surface area contributed by atoms with Crippen molar-refractivity contribution in [3.8, 4) is 0 Å². The summed E-state index contributed by atoms with van der Waals surface area (Å²) in [4.78, 5) is 26.5. The molecule has 0 radical (unpaired) electrons.